The van der Waals surface area contributed by atoms with Gasteiger partial charge in [0.05, 0.1) is 11.3 Å². The summed E-state index contributed by atoms with van der Waals surface area (Å²) in [6.07, 6.45) is -2.65. The quantitative estimate of drug-likeness (QED) is 0.355. The lowest BCUT2D eigenvalue weighted by Crippen LogP contribution is -2.12. The highest BCUT2D eigenvalue weighted by Gasteiger charge is 2.34. The molecule has 0 heterocycles. The van der Waals surface area contributed by atoms with Crippen LogP contribution in [-0.4, -0.2) is 17.9 Å². The molecule has 0 aliphatic heterocycles. The van der Waals surface area contributed by atoms with Gasteiger partial charge in [-0.3, -0.25) is 0 Å². The van der Waals surface area contributed by atoms with Crippen molar-refractivity contribution >= 4 is 29.1 Å². The Balaban J connectivity index is 3.13. The second-order valence-corrected chi connectivity index (χ2v) is 4.65. The molecule has 1 rings (SSSR count). The summed E-state index contributed by atoms with van der Waals surface area (Å²) >= 11 is 7.08. The van der Waals surface area contributed by atoms with Crippen LogP contribution in [0.25, 0.3) is 0 Å². The molecule has 100 valence electrons. The van der Waals surface area contributed by atoms with Gasteiger partial charge in [0.25, 0.3) is 0 Å². The Morgan fingerprint density at radius 1 is 1.44 bits per heavy atom. The third kappa shape index (κ3) is 4.10. The van der Waals surface area contributed by atoms with Crippen LogP contribution in [0.4, 0.5) is 13.2 Å². The summed E-state index contributed by atoms with van der Waals surface area (Å²) in [5.74, 6) is 0.277. The van der Waals surface area contributed by atoms with Crippen LogP contribution in [0.3, 0.4) is 0 Å². The summed E-state index contributed by atoms with van der Waals surface area (Å²) < 4.78 is 38.4. The van der Waals surface area contributed by atoms with Crippen molar-refractivity contribution in [3.63, 3.8) is 0 Å². The van der Waals surface area contributed by atoms with E-state index in [-0.39, 0.29) is 22.2 Å². The molecule has 0 spiro atoms. The summed E-state index contributed by atoms with van der Waals surface area (Å²) in [6, 6.07) is 3.36. The van der Waals surface area contributed by atoms with Gasteiger partial charge in [-0.25, -0.2) is 0 Å². The molecule has 1 aromatic rings. The molecular formula is C11H11ClF3NOS. The lowest BCUT2D eigenvalue weighted by atomic mass is 10.0. The van der Waals surface area contributed by atoms with Crippen molar-refractivity contribution in [3.05, 3.63) is 34.3 Å². The van der Waals surface area contributed by atoms with Crippen LogP contribution in [0.1, 0.15) is 18.1 Å². The number of halogens is 4. The van der Waals surface area contributed by atoms with Crippen molar-refractivity contribution in [3.8, 4) is 0 Å². The Hall–Kier alpha value is -0.880. The topological polar surface area (TPSA) is 21.6 Å². The molecule has 0 saturated carbocycles. The summed E-state index contributed by atoms with van der Waals surface area (Å²) in [5.41, 5.74) is -0.712. The zero-order valence-corrected chi connectivity index (χ0v) is 11.3. The van der Waals surface area contributed by atoms with Gasteiger partial charge in [-0.15, -0.1) is 11.8 Å². The molecule has 0 radical (unpaired) electrons. The van der Waals surface area contributed by atoms with Gasteiger partial charge in [0.2, 0.25) is 0 Å². The molecule has 0 saturated heterocycles. The molecule has 0 fully saturated rings. The third-order valence-corrected chi connectivity index (χ3v) is 2.63. The largest absolute Gasteiger partial charge is 0.417 e. The number of rotatable bonds is 4. The highest BCUT2D eigenvalue weighted by Crippen LogP contribution is 2.33. The van der Waals surface area contributed by atoms with E-state index in [0.717, 1.165) is 6.07 Å². The maximum Gasteiger partial charge on any atom is 0.417 e. The molecular weight excluding hydrogens is 287 g/mol. The van der Waals surface area contributed by atoms with E-state index in [1.54, 1.807) is 6.26 Å². The molecule has 0 aliphatic carbocycles. The maximum atomic E-state index is 12.8. The molecule has 0 amide bonds. The van der Waals surface area contributed by atoms with Crippen molar-refractivity contribution in [2.45, 2.75) is 13.1 Å². The fraction of sp³-hybridized carbons (Fsp3) is 0.364. The van der Waals surface area contributed by atoms with Crippen molar-refractivity contribution in [2.75, 3.05) is 12.2 Å². The molecule has 1 aromatic carbocycles. The minimum Gasteiger partial charge on any atom is -0.385 e. The molecule has 0 unspecified atom stereocenters. The predicted octanol–water partition coefficient (Wildman–Crippen LogP) is 4.42. The van der Waals surface area contributed by atoms with E-state index in [0.29, 0.717) is 0 Å². The van der Waals surface area contributed by atoms with Gasteiger partial charge in [0, 0.05) is 10.6 Å². The summed E-state index contributed by atoms with van der Waals surface area (Å²) in [6.45, 7) is 1.45. The monoisotopic (exact) mass is 297 g/mol. The van der Waals surface area contributed by atoms with Crippen molar-refractivity contribution in [2.24, 2.45) is 5.16 Å². The van der Waals surface area contributed by atoms with Gasteiger partial charge in [0.1, 0.15) is 0 Å². The van der Waals surface area contributed by atoms with Gasteiger partial charge in [0.15, 0.2) is 5.94 Å². The number of hydrogen-bond donors (Lipinski definition) is 0. The molecule has 7 heteroatoms. The second kappa shape index (κ2) is 6.33. The Morgan fingerprint density at radius 3 is 2.67 bits per heavy atom. The van der Waals surface area contributed by atoms with Crippen LogP contribution in [0.2, 0.25) is 5.02 Å². The van der Waals surface area contributed by atoms with E-state index in [9.17, 15) is 13.2 Å². The van der Waals surface area contributed by atoms with Gasteiger partial charge in [-0.2, -0.15) is 13.2 Å². The first-order valence-electron chi connectivity index (χ1n) is 4.89. The third-order valence-electron chi connectivity index (χ3n) is 2.05. The minimum absolute atomic E-state index is 0.0731. The highest BCUT2D eigenvalue weighted by atomic mass is 35.5. The van der Waals surface area contributed by atoms with Crippen LogP contribution in [-0.2, 0) is 11.0 Å². The van der Waals surface area contributed by atoms with E-state index in [1.807, 2.05) is 0 Å². The number of oxime groups is 1. The maximum absolute atomic E-state index is 12.8. The van der Waals surface area contributed by atoms with Crippen LogP contribution in [0.15, 0.2) is 23.4 Å². The zero-order valence-electron chi connectivity index (χ0n) is 9.71. The second-order valence-electron chi connectivity index (χ2n) is 3.40. The number of benzene rings is 1. The molecule has 0 atom stereocenters. The summed E-state index contributed by atoms with van der Waals surface area (Å²) in [5, 5.41) is 3.86. The molecule has 2 nitrogen and oxygen atoms in total. The first-order chi connectivity index (χ1) is 8.36. The molecule has 0 N–H and O–H groups in total. The van der Waals surface area contributed by atoms with E-state index < -0.39 is 11.7 Å². The van der Waals surface area contributed by atoms with Crippen LogP contribution in [0.5, 0.6) is 0 Å². The average Bonchev–Trinajstić information content (AvgIpc) is 2.27. The van der Waals surface area contributed by atoms with Gasteiger partial charge in [-0.1, -0.05) is 16.8 Å². The van der Waals surface area contributed by atoms with Crippen molar-refractivity contribution in [1.82, 2.24) is 0 Å². The first-order valence-corrected chi connectivity index (χ1v) is 6.66. The van der Waals surface area contributed by atoms with E-state index >= 15 is 0 Å². The van der Waals surface area contributed by atoms with Gasteiger partial charge in [-0.05, 0) is 31.4 Å². The molecule has 0 bridgehead atoms. The Bertz CT molecular complexity index is 448. The number of nitrogens with zero attached hydrogens (tertiary/aromatic N) is 1. The van der Waals surface area contributed by atoms with Crippen LogP contribution in [0, 0.1) is 0 Å². The zero-order chi connectivity index (χ0) is 13.8. The number of alkyl halides is 3. The Kier molecular flexibility index (Phi) is 5.34. The lowest BCUT2D eigenvalue weighted by Gasteiger charge is -2.12. The smallest absolute Gasteiger partial charge is 0.385 e. The van der Waals surface area contributed by atoms with Crippen LogP contribution < -0.4 is 0 Å². The van der Waals surface area contributed by atoms with Gasteiger partial charge < -0.3 is 4.84 Å². The molecule has 0 aliphatic rings. The molecule has 18 heavy (non-hydrogen) atoms. The fourth-order valence-electron chi connectivity index (χ4n) is 1.29. The summed E-state index contributed by atoms with van der Waals surface area (Å²) in [4.78, 5) is 4.85. The average molecular weight is 298 g/mol. The minimum atomic E-state index is -4.45. The van der Waals surface area contributed by atoms with Gasteiger partial charge >= 0.3 is 6.18 Å². The predicted molar refractivity (Wildman–Crippen MR) is 68.1 cm³/mol. The summed E-state index contributed by atoms with van der Waals surface area (Å²) in [7, 11) is 0. The lowest BCUT2D eigenvalue weighted by molar-refractivity contribution is -0.137. The standard InChI is InChI=1S/C11H11ClF3NOS/c1-7(16-17-6-18-2)9-5-8(12)3-4-10(9)11(13,14)15/h3-5H,6H2,1-2H3/b16-7+. The Morgan fingerprint density at radius 2 is 2.11 bits per heavy atom. The van der Waals surface area contributed by atoms with Crippen LogP contribution >= 0.6 is 23.4 Å². The molecule has 0 aromatic heterocycles. The number of thioether (sulfide) groups is 1. The van der Waals surface area contributed by atoms with E-state index in [4.69, 9.17) is 16.4 Å². The number of hydrogen-bond acceptors (Lipinski definition) is 3. The normalized spacial score (nSPS) is 12.7. The van der Waals surface area contributed by atoms with E-state index in [1.165, 1.54) is 30.8 Å². The fourth-order valence-corrected chi connectivity index (χ4v) is 1.62. The van der Waals surface area contributed by atoms with E-state index in [2.05, 4.69) is 5.16 Å². The first kappa shape index (κ1) is 15.2. The van der Waals surface area contributed by atoms with Crippen molar-refractivity contribution in [1.29, 1.82) is 0 Å². The van der Waals surface area contributed by atoms with Crippen molar-refractivity contribution < 1.29 is 18.0 Å². The SMILES string of the molecule is CSCO/N=C(\C)c1cc(Cl)ccc1C(F)(F)F. The Labute approximate surface area is 112 Å². The highest BCUT2D eigenvalue weighted by molar-refractivity contribution is 7.98.